The Kier molecular flexibility index (Phi) is 5.56. The van der Waals surface area contributed by atoms with Crippen molar-refractivity contribution < 1.29 is 9.90 Å². The molecule has 1 saturated heterocycles. The van der Waals surface area contributed by atoms with Gasteiger partial charge in [0, 0.05) is 38.8 Å². The molecule has 1 aromatic heterocycles. The van der Waals surface area contributed by atoms with Gasteiger partial charge in [-0.25, -0.2) is 4.98 Å². The lowest BCUT2D eigenvalue weighted by atomic mass is 10.1. The fraction of sp³-hybridized carbons (Fsp3) is 0.444. The molecule has 0 amide bonds. The van der Waals surface area contributed by atoms with Crippen molar-refractivity contribution in [1.82, 2.24) is 19.4 Å². The fourth-order valence-corrected chi connectivity index (χ4v) is 4.05. The molecule has 25 heavy (non-hydrogen) atoms. The molecule has 1 unspecified atom stereocenters. The van der Waals surface area contributed by atoms with E-state index in [1.54, 1.807) is 0 Å². The van der Waals surface area contributed by atoms with Crippen LogP contribution in [-0.4, -0.2) is 63.2 Å². The lowest BCUT2D eigenvalue weighted by Gasteiger charge is -2.37. The molecule has 6 nitrogen and oxygen atoms in total. The molecule has 1 fully saturated rings. The average Bonchev–Trinajstić information content (AvgIpc) is 2.91. The van der Waals surface area contributed by atoms with Gasteiger partial charge in [-0.2, -0.15) is 0 Å². The van der Waals surface area contributed by atoms with Crippen molar-refractivity contribution in [2.75, 3.05) is 32.7 Å². The van der Waals surface area contributed by atoms with E-state index in [2.05, 4.69) is 32.7 Å². The molecule has 1 aliphatic heterocycles. The third-order valence-electron chi connectivity index (χ3n) is 4.84. The maximum absolute atomic E-state index is 12.1. The van der Waals surface area contributed by atoms with E-state index < -0.39 is 12.0 Å². The van der Waals surface area contributed by atoms with Crippen LogP contribution in [0.25, 0.3) is 11.4 Å². The van der Waals surface area contributed by atoms with Crippen LogP contribution in [-0.2, 0) is 11.8 Å². The van der Waals surface area contributed by atoms with E-state index in [4.69, 9.17) is 0 Å². The number of carbonyl (C=O) groups is 1. The third-order valence-corrected chi connectivity index (χ3v) is 5.42. The maximum atomic E-state index is 12.1. The summed E-state index contributed by atoms with van der Waals surface area (Å²) in [5.41, 5.74) is 1.66. The SMILES string of the molecule is CCN1CCN(C(C(=O)O)c2c(Br)nc(-c3ccccc3)n2C)CC1. The van der Waals surface area contributed by atoms with Crippen molar-refractivity contribution in [3.63, 3.8) is 0 Å². The number of benzene rings is 1. The highest BCUT2D eigenvalue weighted by atomic mass is 79.9. The van der Waals surface area contributed by atoms with Crippen LogP contribution in [0.5, 0.6) is 0 Å². The number of hydrogen-bond acceptors (Lipinski definition) is 4. The number of nitrogens with zero attached hydrogens (tertiary/aromatic N) is 4. The van der Waals surface area contributed by atoms with Gasteiger partial charge in [-0.3, -0.25) is 9.69 Å². The van der Waals surface area contributed by atoms with E-state index >= 15 is 0 Å². The zero-order chi connectivity index (χ0) is 18.0. The summed E-state index contributed by atoms with van der Waals surface area (Å²) in [4.78, 5) is 21.0. The number of rotatable bonds is 5. The van der Waals surface area contributed by atoms with E-state index in [0.29, 0.717) is 10.3 Å². The molecule has 0 bridgehead atoms. The summed E-state index contributed by atoms with van der Waals surface area (Å²) in [6.45, 7) is 6.39. The van der Waals surface area contributed by atoms with Gasteiger partial charge in [0.2, 0.25) is 0 Å². The molecule has 0 radical (unpaired) electrons. The number of carboxylic acids is 1. The van der Waals surface area contributed by atoms with Gasteiger partial charge in [0.05, 0.1) is 5.69 Å². The first-order valence-electron chi connectivity index (χ1n) is 8.49. The van der Waals surface area contributed by atoms with Crippen molar-refractivity contribution in [1.29, 1.82) is 0 Å². The highest BCUT2D eigenvalue weighted by molar-refractivity contribution is 9.10. The summed E-state index contributed by atoms with van der Waals surface area (Å²) < 4.78 is 2.49. The van der Waals surface area contributed by atoms with E-state index in [0.717, 1.165) is 44.1 Å². The van der Waals surface area contributed by atoms with Gasteiger partial charge >= 0.3 is 5.97 Å². The number of imidazole rings is 1. The van der Waals surface area contributed by atoms with Gasteiger partial charge in [0.15, 0.2) is 6.04 Å². The molecular weight excluding hydrogens is 384 g/mol. The molecule has 3 rings (SSSR count). The lowest BCUT2D eigenvalue weighted by molar-refractivity contribution is -0.144. The summed E-state index contributed by atoms with van der Waals surface area (Å²) >= 11 is 3.49. The highest BCUT2D eigenvalue weighted by Gasteiger charge is 2.35. The molecule has 1 aromatic carbocycles. The van der Waals surface area contributed by atoms with E-state index in [1.807, 2.05) is 46.8 Å². The quantitative estimate of drug-likeness (QED) is 0.826. The van der Waals surface area contributed by atoms with Crippen molar-refractivity contribution in [2.45, 2.75) is 13.0 Å². The lowest BCUT2D eigenvalue weighted by Crippen LogP contribution is -2.49. The first-order valence-corrected chi connectivity index (χ1v) is 9.29. The van der Waals surface area contributed by atoms with Gasteiger partial charge in [-0.1, -0.05) is 37.3 Å². The van der Waals surface area contributed by atoms with Crippen LogP contribution >= 0.6 is 15.9 Å². The minimum atomic E-state index is -0.840. The molecule has 7 heteroatoms. The normalized spacial score (nSPS) is 17.6. The van der Waals surface area contributed by atoms with Gasteiger partial charge in [0.1, 0.15) is 10.4 Å². The van der Waals surface area contributed by atoms with Crippen LogP contribution in [0.4, 0.5) is 0 Å². The second-order valence-electron chi connectivity index (χ2n) is 6.25. The second kappa shape index (κ2) is 7.68. The van der Waals surface area contributed by atoms with Gasteiger partial charge < -0.3 is 14.6 Å². The summed E-state index contributed by atoms with van der Waals surface area (Å²) in [7, 11) is 1.88. The van der Waals surface area contributed by atoms with Gasteiger partial charge in [-0.05, 0) is 22.5 Å². The molecule has 134 valence electrons. The molecule has 0 spiro atoms. The van der Waals surface area contributed by atoms with E-state index in [9.17, 15) is 9.90 Å². The first-order chi connectivity index (χ1) is 12.0. The third kappa shape index (κ3) is 3.63. The molecule has 1 N–H and O–H groups in total. The van der Waals surface area contributed by atoms with E-state index in [1.165, 1.54) is 0 Å². The van der Waals surface area contributed by atoms with Crippen LogP contribution in [0.3, 0.4) is 0 Å². The zero-order valence-electron chi connectivity index (χ0n) is 14.5. The summed E-state index contributed by atoms with van der Waals surface area (Å²) in [6.07, 6.45) is 0. The Labute approximate surface area is 156 Å². The standard InChI is InChI=1S/C18H23BrN4O2/c1-3-22-9-11-23(12-10-22)15(18(24)25)14-16(19)20-17(21(14)2)13-7-5-4-6-8-13/h4-8,15H,3,9-12H2,1-2H3,(H,24,25). The Hall–Kier alpha value is -1.70. The maximum Gasteiger partial charge on any atom is 0.327 e. The summed E-state index contributed by atoms with van der Waals surface area (Å²) in [5, 5.41) is 9.91. The Bertz CT molecular complexity index is 739. The molecule has 0 aliphatic carbocycles. The largest absolute Gasteiger partial charge is 0.480 e. The molecule has 2 aromatic rings. The van der Waals surface area contributed by atoms with Crippen LogP contribution in [0.1, 0.15) is 18.7 Å². The van der Waals surface area contributed by atoms with Crippen LogP contribution < -0.4 is 0 Å². The smallest absolute Gasteiger partial charge is 0.327 e. The van der Waals surface area contributed by atoms with Crippen molar-refractivity contribution in [2.24, 2.45) is 7.05 Å². The predicted octanol–water partition coefficient (Wildman–Crippen LogP) is 2.61. The number of aromatic nitrogens is 2. The Balaban J connectivity index is 1.95. The number of aliphatic carboxylic acids is 1. The van der Waals surface area contributed by atoms with Crippen molar-refractivity contribution in [3.8, 4) is 11.4 Å². The number of piperazine rings is 1. The van der Waals surface area contributed by atoms with Crippen LogP contribution in [0, 0.1) is 0 Å². The minimum Gasteiger partial charge on any atom is -0.480 e. The van der Waals surface area contributed by atoms with Gasteiger partial charge in [-0.15, -0.1) is 0 Å². The highest BCUT2D eigenvalue weighted by Crippen LogP contribution is 2.32. The Morgan fingerprint density at radius 2 is 1.88 bits per heavy atom. The Morgan fingerprint density at radius 1 is 1.24 bits per heavy atom. The fourth-order valence-electron chi connectivity index (χ4n) is 3.40. The second-order valence-corrected chi connectivity index (χ2v) is 7.00. The number of likely N-dealkylation sites (N-methyl/N-ethyl adjacent to an activating group) is 1. The molecule has 2 heterocycles. The zero-order valence-corrected chi connectivity index (χ0v) is 16.1. The van der Waals surface area contributed by atoms with Crippen molar-refractivity contribution >= 4 is 21.9 Å². The number of hydrogen-bond donors (Lipinski definition) is 1. The van der Waals surface area contributed by atoms with Crippen LogP contribution in [0.2, 0.25) is 0 Å². The molecule has 0 saturated carbocycles. The molecule has 1 atom stereocenters. The van der Waals surface area contributed by atoms with Crippen LogP contribution in [0.15, 0.2) is 34.9 Å². The monoisotopic (exact) mass is 406 g/mol. The average molecular weight is 407 g/mol. The minimum absolute atomic E-state index is 0.596. The van der Waals surface area contributed by atoms with Crippen molar-refractivity contribution in [3.05, 3.63) is 40.6 Å². The van der Waals surface area contributed by atoms with E-state index in [-0.39, 0.29) is 0 Å². The number of halogens is 1. The molecular formula is C18H23BrN4O2. The summed E-state index contributed by atoms with van der Waals surface area (Å²) in [5.74, 6) is -0.0748. The molecule has 1 aliphatic rings. The topological polar surface area (TPSA) is 61.6 Å². The van der Waals surface area contributed by atoms with Gasteiger partial charge in [0.25, 0.3) is 0 Å². The Morgan fingerprint density at radius 3 is 2.44 bits per heavy atom. The number of carboxylic acid groups (broad SMARTS) is 1. The first kappa shape index (κ1) is 18.1. The summed E-state index contributed by atoms with van der Waals surface area (Å²) in [6, 6.07) is 9.12. The predicted molar refractivity (Wildman–Crippen MR) is 100 cm³/mol.